The lowest BCUT2D eigenvalue weighted by Gasteiger charge is -2.03. The molecule has 0 unspecified atom stereocenters. The number of hydrogen-bond acceptors (Lipinski definition) is 4. The normalized spacial score (nSPS) is 10.3. The van der Waals surface area contributed by atoms with Crippen LogP contribution in [-0.4, -0.2) is 16.3 Å². The largest absolute Gasteiger partial charge is 0.383 e. The van der Waals surface area contributed by atoms with Crippen molar-refractivity contribution in [1.82, 2.24) is 9.97 Å². The molecule has 92 valence electrons. The number of aldehydes is 1. The van der Waals surface area contributed by atoms with E-state index in [1.54, 1.807) is 0 Å². The number of aryl methyl sites for hydroxylation is 2. The van der Waals surface area contributed by atoms with Gasteiger partial charge in [-0.25, -0.2) is 9.97 Å². The Kier molecular flexibility index (Phi) is 3.89. The van der Waals surface area contributed by atoms with Gasteiger partial charge in [0.1, 0.15) is 11.6 Å². The van der Waals surface area contributed by atoms with Crippen LogP contribution in [0.25, 0.3) is 0 Å². The summed E-state index contributed by atoms with van der Waals surface area (Å²) in [6, 6.07) is 7.64. The molecule has 2 N–H and O–H groups in total. The molecule has 0 atom stereocenters. The SMILES string of the molecule is Nc1nc(CCc2cccc(Cl)c2)ncc1C=O. The van der Waals surface area contributed by atoms with Gasteiger partial charge in [0.15, 0.2) is 6.29 Å². The van der Waals surface area contributed by atoms with Gasteiger partial charge in [-0.2, -0.15) is 0 Å². The summed E-state index contributed by atoms with van der Waals surface area (Å²) in [5.41, 5.74) is 7.06. The van der Waals surface area contributed by atoms with Crippen LogP contribution in [0.3, 0.4) is 0 Å². The predicted molar refractivity (Wildman–Crippen MR) is 70.7 cm³/mol. The molecule has 2 rings (SSSR count). The molecule has 2 aromatic rings. The first-order chi connectivity index (χ1) is 8.69. The Balaban J connectivity index is 2.06. The summed E-state index contributed by atoms with van der Waals surface area (Å²) in [5.74, 6) is 0.846. The zero-order valence-electron chi connectivity index (χ0n) is 9.64. The highest BCUT2D eigenvalue weighted by Gasteiger charge is 2.04. The second-order valence-electron chi connectivity index (χ2n) is 3.87. The van der Waals surface area contributed by atoms with Crippen LogP contribution in [0.15, 0.2) is 30.5 Å². The Hall–Kier alpha value is -1.94. The number of nitrogens with zero attached hydrogens (tertiary/aromatic N) is 2. The van der Waals surface area contributed by atoms with Crippen LogP contribution in [0, 0.1) is 0 Å². The van der Waals surface area contributed by atoms with Crippen molar-refractivity contribution in [2.24, 2.45) is 0 Å². The first kappa shape index (κ1) is 12.5. The third kappa shape index (κ3) is 3.05. The molecule has 0 saturated heterocycles. The maximum absolute atomic E-state index is 10.6. The fourth-order valence-corrected chi connectivity index (χ4v) is 1.82. The molecule has 0 aliphatic heterocycles. The van der Waals surface area contributed by atoms with Crippen molar-refractivity contribution in [3.05, 3.63) is 52.4 Å². The van der Waals surface area contributed by atoms with Crippen LogP contribution in [0.4, 0.5) is 5.82 Å². The lowest BCUT2D eigenvalue weighted by molar-refractivity contribution is 0.112. The third-order valence-electron chi connectivity index (χ3n) is 2.55. The fourth-order valence-electron chi connectivity index (χ4n) is 1.60. The van der Waals surface area contributed by atoms with E-state index >= 15 is 0 Å². The van der Waals surface area contributed by atoms with Crippen LogP contribution in [0.5, 0.6) is 0 Å². The average Bonchev–Trinajstić information content (AvgIpc) is 2.37. The van der Waals surface area contributed by atoms with Gasteiger partial charge in [0.05, 0.1) is 5.56 Å². The van der Waals surface area contributed by atoms with Gasteiger partial charge in [-0.15, -0.1) is 0 Å². The minimum Gasteiger partial charge on any atom is -0.383 e. The molecular formula is C13H12ClN3O. The summed E-state index contributed by atoms with van der Waals surface area (Å²) >= 11 is 5.90. The predicted octanol–water partition coefficient (Wildman–Crippen LogP) is 2.31. The zero-order valence-corrected chi connectivity index (χ0v) is 10.4. The molecule has 0 saturated carbocycles. The molecular weight excluding hydrogens is 250 g/mol. The molecule has 0 fully saturated rings. The van der Waals surface area contributed by atoms with Crippen molar-refractivity contribution in [2.75, 3.05) is 5.73 Å². The van der Waals surface area contributed by atoms with Crippen LogP contribution in [0.1, 0.15) is 21.7 Å². The van der Waals surface area contributed by atoms with E-state index in [0.717, 1.165) is 12.0 Å². The summed E-state index contributed by atoms with van der Waals surface area (Å²) in [6.07, 6.45) is 3.53. The number of nitrogen functional groups attached to an aromatic ring is 1. The quantitative estimate of drug-likeness (QED) is 0.858. The highest BCUT2D eigenvalue weighted by atomic mass is 35.5. The van der Waals surface area contributed by atoms with Crippen LogP contribution >= 0.6 is 11.6 Å². The van der Waals surface area contributed by atoms with Crippen LogP contribution < -0.4 is 5.73 Å². The highest BCUT2D eigenvalue weighted by Crippen LogP contribution is 2.13. The van der Waals surface area contributed by atoms with E-state index in [2.05, 4.69) is 9.97 Å². The van der Waals surface area contributed by atoms with E-state index < -0.39 is 0 Å². The number of rotatable bonds is 4. The Morgan fingerprint density at radius 2 is 2.17 bits per heavy atom. The minimum absolute atomic E-state index is 0.223. The molecule has 18 heavy (non-hydrogen) atoms. The molecule has 0 aliphatic rings. The molecule has 5 heteroatoms. The Morgan fingerprint density at radius 1 is 1.33 bits per heavy atom. The number of halogens is 1. The van der Waals surface area contributed by atoms with Gasteiger partial charge in [0, 0.05) is 17.6 Å². The van der Waals surface area contributed by atoms with Crippen molar-refractivity contribution in [1.29, 1.82) is 0 Å². The van der Waals surface area contributed by atoms with Crippen molar-refractivity contribution in [3.63, 3.8) is 0 Å². The van der Waals surface area contributed by atoms with E-state index in [-0.39, 0.29) is 5.82 Å². The fraction of sp³-hybridized carbons (Fsp3) is 0.154. The lowest BCUT2D eigenvalue weighted by Crippen LogP contribution is -2.04. The third-order valence-corrected chi connectivity index (χ3v) is 2.79. The smallest absolute Gasteiger partial charge is 0.155 e. The van der Waals surface area contributed by atoms with Gasteiger partial charge in [-0.1, -0.05) is 23.7 Å². The summed E-state index contributed by atoms with van der Waals surface area (Å²) in [6.45, 7) is 0. The molecule has 1 aromatic heterocycles. The van der Waals surface area contributed by atoms with Crippen molar-refractivity contribution >= 4 is 23.7 Å². The lowest BCUT2D eigenvalue weighted by atomic mass is 10.1. The zero-order chi connectivity index (χ0) is 13.0. The molecule has 1 aromatic carbocycles. The molecule has 0 bridgehead atoms. The highest BCUT2D eigenvalue weighted by molar-refractivity contribution is 6.30. The molecule has 0 radical (unpaired) electrons. The number of aromatic nitrogens is 2. The standard InChI is InChI=1S/C13H12ClN3O/c14-11-3-1-2-9(6-11)4-5-12-16-7-10(8-18)13(15)17-12/h1-3,6-8H,4-5H2,(H2,15,16,17). The summed E-state index contributed by atoms with van der Waals surface area (Å²) in [4.78, 5) is 18.8. The van der Waals surface area contributed by atoms with Gasteiger partial charge in [0.25, 0.3) is 0 Å². The second-order valence-corrected chi connectivity index (χ2v) is 4.31. The Labute approximate surface area is 110 Å². The van der Waals surface area contributed by atoms with Crippen molar-refractivity contribution in [3.8, 4) is 0 Å². The van der Waals surface area contributed by atoms with Gasteiger partial charge >= 0.3 is 0 Å². The number of benzene rings is 1. The average molecular weight is 262 g/mol. The van der Waals surface area contributed by atoms with E-state index in [4.69, 9.17) is 17.3 Å². The topological polar surface area (TPSA) is 68.9 Å². The molecule has 4 nitrogen and oxygen atoms in total. The molecule has 1 heterocycles. The second kappa shape index (κ2) is 5.60. The summed E-state index contributed by atoms with van der Waals surface area (Å²) in [7, 11) is 0. The number of hydrogen-bond donors (Lipinski definition) is 1. The summed E-state index contributed by atoms with van der Waals surface area (Å²) in [5, 5.41) is 0.712. The Bertz CT molecular complexity index is 572. The maximum Gasteiger partial charge on any atom is 0.155 e. The first-order valence-corrected chi connectivity index (χ1v) is 5.88. The van der Waals surface area contributed by atoms with Gasteiger partial charge < -0.3 is 5.73 Å². The van der Waals surface area contributed by atoms with Gasteiger partial charge in [-0.3, -0.25) is 4.79 Å². The van der Waals surface area contributed by atoms with Crippen molar-refractivity contribution in [2.45, 2.75) is 12.8 Å². The number of anilines is 1. The number of carbonyl (C=O) groups is 1. The monoisotopic (exact) mass is 261 g/mol. The van der Waals surface area contributed by atoms with Crippen LogP contribution in [-0.2, 0) is 12.8 Å². The van der Waals surface area contributed by atoms with E-state index in [1.807, 2.05) is 24.3 Å². The number of nitrogens with two attached hydrogens (primary N) is 1. The van der Waals surface area contributed by atoms with E-state index in [1.165, 1.54) is 6.20 Å². The molecule has 0 aliphatic carbocycles. The van der Waals surface area contributed by atoms with Crippen molar-refractivity contribution < 1.29 is 4.79 Å². The molecule has 0 amide bonds. The van der Waals surface area contributed by atoms with Crippen LogP contribution in [0.2, 0.25) is 5.02 Å². The van der Waals surface area contributed by atoms with E-state index in [0.29, 0.717) is 29.1 Å². The van der Waals surface area contributed by atoms with Gasteiger partial charge in [-0.05, 0) is 24.1 Å². The van der Waals surface area contributed by atoms with E-state index in [9.17, 15) is 4.79 Å². The molecule has 0 spiro atoms. The minimum atomic E-state index is 0.223. The first-order valence-electron chi connectivity index (χ1n) is 5.50. The maximum atomic E-state index is 10.6. The van der Waals surface area contributed by atoms with Gasteiger partial charge in [0.2, 0.25) is 0 Å². The summed E-state index contributed by atoms with van der Waals surface area (Å²) < 4.78 is 0. The Morgan fingerprint density at radius 3 is 2.83 bits per heavy atom. The number of carbonyl (C=O) groups excluding carboxylic acids is 1.